The second-order valence-corrected chi connectivity index (χ2v) is 8.93. The Morgan fingerprint density at radius 3 is 2.72 bits per heavy atom. The molecule has 4 atom stereocenters. The van der Waals surface area contributed by atoms with Crippen LogP contribution in [-0.2, 0) is 6.42 Å². The summed E-state index contributed by atoms with van der Waals surface area (Å²) in [6, 6.07) is 9.25. The lowest BCUT2D eigenvalue weighted by molar-refractivity contribution is 0.0732. The Kier molecular flexibility index (Phi) is 4.09. The van der Waals surface area contributed by atoms with Crippen LogP contribution in [0.3, 0.4) is 0 Å². The van der Waals surface area contributed by atoms with Gasteiger partial charge in [0.25, 0.3) is 0 Å². The smallest absolute Gasteiger partial charge is 0.0320 e. The predicted octanol–water partition coefficient (Wildman–Crippen LogP) is 5.93. The van der Waals surface area contributed by atoms with Gasteiger partial charge in [0.2, 0.25) is 0 Å². The van der Waals surface area contributed by atoms with Crippen LogP contribution in [0, 0.1) is 17.3 Å². The maximum atomic E-state index is 4.43. The highest BCUT2D eigenvalue weighted by Gasteiger charge is 2.53. The van der Waals surface area contributed by atoms with Crippen molar-refractivity contribution in [2.24, 2.45) is 17.3 Å². The van der Waals surface area contributed by atoms with E-state index in [0.717, 1.165) is 17.8 Å². The number of allylic oxidation sites excluding steroid dienone is 2. The summed E-state index contributed by atoms with van der Waals surface area (Å²) in [5.74, 6) is 2.44. The molecule has 25 heavy (non-hydrogen) atoms. The monoisotopic (exact) mass is 335 g/mol. The van der Waals surface area contributed by atoms with Gasteiger partial charge in [-0.15, -0.1) is 0 Å². The summed E-state index contributed by atoms with van der Waals surface area (Å²) in [6.07, 6.45) is 7.79. The first-order valence-electron chi connectivity index (χ1n) is 10.1. The van der Waals surface area contributed by atoms with Crippen LogP contribution in [-0.4, -0.2) is 19.0 Å². The molecule has 0 spiro atoms. The van der Waals surface area contributed by atoms with Gasteiger partial charge in [-0.2, -0.15) is 0 Å². The molecule has 0 aromatic heterocycles. The Morgan fingerprint density at radius 1 is 1.24 bits per heavy atom. The third-order valence-electron chi connectivity index (χ3n) is 7.75. The third-order valence-corrected chi connectivity index (χ3v) is 7.75. The number of rotatable bonds is 3. The SMILES string of the molecule is C=C(C1=C(CC)C2(C)CCC3c4ccccc4CCC3C2C1)N(C)C. The van der Waals surface area contributed by atoms with Crippen LogP contribution in [0.4, 0.5) is 0 Å². The molecule has 0 radical (unpaired) electrons. The van der Waals surface area contributed by atoms with E-state index in [2.05, 4.69) is 63.7 Å². The first kappa shape index (κ1) is 16.9. The molecule has 0 N–H and O–H groups in total. The van der Waals surface area contributed by atoms with Gasteiger partial charge in [-0.1, -0.05) is 50.3 Å². The minimum Gasteiger partial charge on any atom is -0.378 e. The number of benzene rings is 1. The fourth-order valence-corrected chi connectivity index (χ4v) is 6.46. The molecule has 0 saturated heterocycles. The van der Waals surface area contributed by atoms with Crippen molar-refractivity contribution >= 4 is 0 Å². The molecule has 1 nitrogen and oxygen atoms in total. The normalized spacial score (nSPS) is 33.5. The maximum Gasteiger partial charge on any atom is 0.0320 e. The first-order valence-corrected chi connectivity index (χ1v) is 10.1. The fraction of sp³-hybridized carbons (Fsp3) is 0.583. The van der Waals surface area contributed by atoms with Gasteiger partial charge in [0.1, 0.15) is 0 Å². The minimum absolute atomic E-state index is 0.399. The Labute approximate surface area is 153 Å². The van der Waals surface area contributed by atoms with Gasteiger partial charge in [-0.3, -0.25) is 0 Å². The van der Waals surface area contributed by atoms with Crippen molar-refractivity contribution < 1.29 is 0 Å². The standard InChI is InChI=1S/C24H33N/c1-6-22-21(16(2)25(4)5)15-23-20-12-11-17-9-7-8-10-18(17)19(20)13-14-24(22,23)3/h7-10,19-20,23H,2,6,11-15H2,1,3-5H3. The van der Waals surface area contributed by atoms with Crippen molar-refractivity contribution in [3.05, 3.63) is 58.8 Å². The highest BCUT2D eigenvalue weighted by molar-refractivity contribution is 5.44. The summed E-state index contributed by atoms with van der Waals surface area (Å²) in [5.41, 5.74) is 8.23. The lowest BCUT2D eigenvalue weighted by Crippen LogP contribution is -2.41. The van der Waals surface area contributed by atoms with Crippen LogP contribution in [0.2, 0.25) is 0 Å². The molecule has 3 aliphatic rings. The highest BCUT2D eigenvalue weighted by Crippen LogP contribution is 2.63. The molecule has 4 unspecified atom stereocenters. The summed E-state index contributed by atoms with van der Waals surface area (Å²) in [5, 5.41) is 0. The number of hydrogen-bond acceptors (Lipinski definition) is 1. The number of nitrogens with zero attached hydrogens (tertiary/aromatic N) is 1. The molecular formula is C24H33N. The van der Waals surface area contributed by atoms with Crippen molar-refractivity contribution in [3.8, 4) is 0 Å². The first-order chi connectivity index (χ1) is 12.0. The summed E-state index contributed by atoms with van der Waals surface area (Å²) in [6.45, 7) is 9.36. The zero-order chi connectivity index (χ0) is 17.8. The maximum absolute atomic E-state index is 4.43. The molecule has 1 saturated carbocycles. The Hall–Kier alpha value is -1.50. The van der Waals surface area contributed by atoms with Crippen LogP contribution >= 0.6 is 0 Å². The lowest BCUT2D eigenvalue weighted by atomic mass is 9.54. The van der Waals surface area contributed by atoms with Crippen molar-refractivity contribution in [2.75, 3.05) is 14.1 Å². The van der Waals surface area contributed by atoms with Crippen molar-refractivity contribution in [1.29, 1.82) is 0 Å². The average Bonchev–Trinajstić information content (AvgIpc) is 2.92. The molecule has 3 aliphatic carbocycles. The van der Waals surface area contributed by atoms with Crippen LogP contribution in [0.5, 0.6) is 0 Å². The van der Waals surface area contributed by atoms with E-state index in [1.807, 2.05) is 0 Å². The molecule has 0 bridgehead atoms. The molecule has 1 aromatic rings. The van der Waals surface area contributed by atoms with Gasteiger partial charge in [0, 0.05) is 19.8 Å². The average molecular weight is 336 g/mol. The lowest BCUT2D eigenvalue weighted by Gasteiger charge is -2.50. The fourth-order valence-electron chi connectivity index (χ4n) is 6.46. The van der Waals surface area contributed by atoms with Crippen molar-refractivity contribution in [3.63, 3.8) is 0 Å². The zero-order valence-electron chi connectivity index (χ0n) is 16.4. The van der Waals surface area contributed by atoms with E-state index < -0.39 is 0 Å². The van der Waals surface area contributed by atoms with Crippen LogP contribution < -0.4 is 0 Å². The summed E-state index contributed by atoms with van der Waals surface area (Å²) >= 11 is 0. The van der Waals surface area contributed by atoms with Crippen LogP contribution in [0.15, 0.2) is 47.7 Å². The van der Waals surface area contributed by atoms with Gasteiger partial charge >= 0.3 is 0 Å². The molecule has 1 heteroatoms. The summed E-state index contributed by atoms with van der Waals surface area (Å²) in [4.78, 5) is 2.22. The third kappa shape index (κ3) is 2.42. The van der Waals surface area contributed by atoms with E-state index in [4.69, 9.17) is 0 Å². The zero-order valence-corrected chi connectivity index (χ0v) is 16.4. The highest BCUT2D eigenvalue weighted by atomic mass is 15.1. The molecule has 0 amide bonds. The van der Waals surface area contributed by atoms with Crippen LogP contribution in [0.1, 0.15) is 63.0 Å². The molecule has 0 heterocycles. The van der Waals surface area contributed by atoms with Crippen molar-refractivity contribution in [2.45, 2.75) is 58.3 Å². The van der Waals surface area contributed by atoms with Gasteiger partial charge < -0.3 is 4.90 Å². The van der Waals surface area contributed by atoms with Gasteiger partial charge in [-0.25, -0.2) is 0 Å². The Morgan fingerprint density at radius 2 is 2.00 bits per heavy atom. The van der Waals surface area contributed by atoms with E-state index in [1.54, 1.807) is 22.3 Å². The molecule has 134 valence electrons. The summed E-state index contributed by atoms with van der Waals surface area (Å²) < 4.78 is 0. The number of likely N-dealkylation sites (N-methyl/N-ethyl adjacent to an activating group) is 1. The molecule has 1 aromatic carbocycles. The topological polar surface area (TPSA) is 3.24 Å². The molecule has 4 rings (SSSR count). The Balaban J connectivity index is 1.71. The second-order valence-electron chi connectivity index (χ2n) is 8.93. The number of hydrogen-bond donors (Lipinski definition) is 0. The molecule has 0 aliphatic heterocycles. The van der Waals surface area contributed by atoms with E-state index in [9.17, 15) is 0 Å². The largest absolute Gasteiger partial charge is 0.378 e. The van der Waals surface area contributed by atoms with E-state index in [0.29, 0.717) is 5.41 Å². The minimum atomic E-state index is 0.399. The van der Waals surface area contributed by atoms with E-state index in [-0.39, 0.29) is 0 Å². The van der Waals surface area contributed by atoms with E-state index >= 15 is 0 Å². The Bertz CT molecular complexity index is 725. The van der Waals surface area contributed by atoms with Gasteiger partial charge in [0.05, 0.1) is 0 Å². The van der Waals surface area contributed by atoms with Crippen molar-refractivity contribution in [1.82, 2.24) is 4.90 Å². The van der Waals surface area contributed by atoms with Gasteiger partial charge in [-0.05, 0) is 78.4 Å². The van der Waals surface area contributed by atoms with Crippen LogP contribution in [0.25, 0.3) is 0 Å². The number of aryl methyl sites for hydroxylation is 1. The van der Waals surface area contributed by atoms with Gasteiger partial charge in [0.15, 0.2) is 0 Å². The number of fused-ring (bicyclic) bond motifs is 5. The van der Waals surface area contributed by atoms with E-state index in [1.165, 1.54) is 44.2 Å². The molecular weight excluding hydrogens is 302 g/mol. The second kappa shape index (κ2) is 6.04. The summed E-state index contributed by atoms with van der Waals surface area (Å²) in [7, 11) is 4.29. The quantitative estimate of drug-likeness (QED) is 0.661. The predicted molar refractivity (Wildman–Crippen MR) is 107 cm³/mol. The molecule has 1 fully saturated rings.